The van der Waals surface area contributed by atoms with Crippen molar-refractivity contribution in [3.63, 3.8) is 0 Å². The van der Waals surface area contributed by atoms with Crippen LogP contribution in [0.5, 0.6) is 0 Å². The zero-order chi connectivity index (χ0) is 17.1. The zero-order valence-corrected chi connectivity index (χ0v) is 12.8. The van der Waals surface area contributed by atoms with Gasteiger partial charge in [0, 0.05) is 0 Å². The fourth-order valence-corrected chi connectivity index (χ4v) is 2.32. The highest BCUT2D eigenvalue weighted by Gasteiger charge is 2.17. The van der Waals surface area contributed by atoms with Crippen molar-refractivity contribution < 1.29 is 19.8 Å². The van der Waals surface area contributed by atoms with E-state index in [1.54, 1.807) is 12.1 Å². The van der Waals surface area contributed by atoms with E-state index in [1.807, 2.05) is 12.1 Å². The third-order valence-electron chi connectivity index (χ3n) is 3.57. The monoisotopic (exact) mass is 315 g/mol. The molecule has 0 saturated carbocycles. The molecular formula is C17H17NO5. The van der Waals surface area contributed by atoms with Crippen LogP contribution in [0.1, 0.15) is 35.7 Å². The van der Waals surface area contributed by atoms with E-state index in [1.165, 1.54) is 12.1 Å². The molecule has 0 fully saturated rings. The van der Waals surface area contributed by atoms with Crippen molar-refractivity contribution in [2.75, 3.05) is 0 Å². The molecule has 6 nitrogen and oxygen atoms in total. The maximum absolute atomic E-state index is 12.2. The SMILES string of the molecule is CC(C)c1ccc(-c2ccc(C(=O)O)c(=O)n2CC(=O)O)cc1. The predicted octanol–water partition coefficient (Wildman–Crippen LogP) is 2.42. The highest BCUT2D eigenvalue weighted by Crippen LogP contribution is 2.22. The summed E-state index contributed by atoms with van der Waals surface area (Å²) >= 11 is 0. The van der Waals surface area contributed by atoms with Gasteiger partial charge in [0.15, 0.2) is 0 Å². The Labute approximate surface area is 132 Å². The second-order valence-electron chi connectivity index (χ2n) is 5.50. The molecule has 2 N–H and O–H groups in total. The summed E-state index contributed by atoms with van der Waals surface area (Å²) in [4.78, 5) is 34.3. The van der Waals surface area contributed by atoms with Crippen LogP contribution in [0.2, 0.25) is 0 Å². The van der Waals surface area contributed by atoms with Crippen molar-refractivity contribution in [2.45, 2.75) is 26.3 Å². The molecule has 0 aliphatic carbocycles. The highest BCUT2D eigenvalue weighted by atomic mass is 16.4. The molecule has 0 atom stereocenters. The number of aliphatic carboxylic acids is 1. The van der Waals surface area contributed by atoms with E-state index in [0.717, 1.165) is 10.1 Å². The van der Waals surface area contributed by atoms with Gasteiger partial charge in [0.1, 0.15) is 12.1 Å². The molecule has 0 spiro atoms. The number of nitrogens with zero attached hydrogens (tertiary/aromatic N) is 1. The van der Waals surface area contributed by atoms with Crippen LogP contribution in [0, 0.1) is 0 Å². The van der Waals surface area contributed by atoms with E-state index in [9.17, 15) is 14.4 Å². The Morgan fingerprint density at radius 3 is 2.13 bits per heavy atom. The lowest BCUT2D eigenvalue weighted by Gasteiger charge is -2.13. The third-order valence-corrected chi connectivity index (χ3v) is 3.57. The van der Waals surface area contributed by atoms with Crippen molar-refractivity contribution in [2.24, 2.45) is 0 Å². The molecular weight excluding hydrogens is 298 g/mol. The van der Waals surface area contributed by atoms with E-state index in [-0.39, 0.29) is 0 Å². The first-order valence-corrected chi connectivity index (χ1v) is 7.10. The lowest BCUT2D eigenvalue weighted by molar-refractivity contribution is -0.137. The lowest BCUT2D eigenvalue weighted by atomic mass is 10.0. The second-order valence-corrected chi connectivity index (χ2v) is 5.50. The fourth-order valence-electron chi connectivity index (χ4n) is 2.32. The molecule has 0 aliphatic rings. The van der Waals surface area contributed by atoms with Gasteiger partial charge in [0.05, 0.1) is 5.69 Å². The molecule has 0 saturated heterocycles. The summed E-state index contributed by atoms with van der Waals surface area (Å²) in [6.45, 7) is 3.51. The Hall–Kier alpha value is -2.89. The minimum Gasteiger partial charge on any atom is -0.480 e. The molecule has 120 valence electrons. The number of aromatic carboxylic acids is 1. The van der Waals surface area contributed by atoms with Gasteiger partial charge in [0.2, 0.25) is 0 Å². The number of carboxylic acid groups (broad SMARTS) is 2. The second kappa shape index (κ2) is 6.48. The van der Waals surface area contributed by atoms with E-state index in [4.69, 9.17) is 10.2 Å². The van der Waals surface area contributed by atoms with Crippen molar-refractivity contribution in [1.29, 1.82) is 0 Å². The van der Waals surface area contributed by atoms with E-state index >= 15 is 0 Å². The van der Waals surface area contributed by atoms with Gasteiger partial charge in [-0.2, -0.15) is 0 Å². The first kappa shape index (κ1) is 16.5. The molecule has 23 heavy (non-hydrogen) atoms. The van der Waals surface area contributed by atoms with Gasteiger partial charge in [-0.25, -0.2) is 4.79 Å². The average Bonchev–Trinajstić information content (AvgIpc) is 2.48. The number of aromatic nitrogens is 1. The van der Waals surface area contributed by atoms with Crippen LogP contribution in [0.15, 0.2) is 41.2 Å². The largest absolute Gasteiger partial charge is 0.480 e. The number of hydrogen-bond acceptors (Lipinski definition) is 3. The van der Waals surface area contributed by atoms with Crippen molar-refractivity contribution in [3.05, 3.63) is 57.9 Å². The van der Waals surface area contributed by atoms with Crippen LogP contribution in [0.25, 0.3) is 11.3 Å². The van der Waals surface area contributed by atoms with Gasteiger partial charge in [-0.3, -0.25) is 14.2 Å². The van der Waals surface area contributed by atoms with Gasteiger partial charge in [-0.1, -0.05) is 38.1 Å². The molecule has 0 bridgehead atoms. The average molecular weight is 315 g/mol. The Bertz CT molecular complexity index is 803. The van der Waals surface area contributed by atoms with Crippen LogP contribution in [-0.4, -0.2) is 26.7 Å². The Morgan fingerprint density at radius 1 is 1.04 bits per heavy atom. The summed E-state index contributed by atoms with van der Waals surface area (Å²) in [6, 6.07) is 10.1. The van der Waals surface area contributed by atoms with Gasteiger partial charge in [-0.15, -0.1) is 0 Å². The van der Waals surface area contributed by atoms with Crippen LogP contribution < -0.4 is 5.56 Å². The highest BCUT2D eigenvalue weighted by molar-refractivity contribution is 5.87. The van der Waals surface area contributed by atoms with Gasteiger partial charge < -0.3 is 10.2 Å². The summed E-state index contributed by atoms with van der Waals surface area (Å²) in [5.41, 5.74) is 0.865. The van der Waals surface area contributed by atoms with E-state index in [2.05, 4.69) is 13.8 Å². The number of rotatable bonds is 5. The smallest absolute Gasteiger partial charge is 0.341 e. The molecule has 6 heteroatoms. The molecule has 1 aromatic heterocycles. The van der Waals surface area contributed by atoms with Crippen LogP contribution >= 0.6 is 0 Å². The molecule has 0 unspecified atom stereocenters. The first-order chi connectivity index (χ1) is 10.8. The van der Waals surface area contributed by atoms with Crippen molar-refractivity contribution >= 4 is 11.9 Å². The normalized spacial score (nSPS) is 10.7. The van der Waals surface area contributed by atoms with Gasteiger partial charge in [0.25, 0.3) is 5.56 Å². The number of pyridine rings is 1. The quantitative estimate of drug-likeness (QED) is 0.883. The summed E-state index contributed by atoms with van der Waals surface area (Å²) in [5, 5.41) is 18.0. The molecule has 1 heterocycles. The summed E-state index contributed by atoms with van der Waals surface area (Å²) in [5.74, 6) is -2.25. The van der Waals surface area contributed by atoms with Crippen LogP contribution in [-0.2, 0) is 11.3 Å². The molecule has 0 amide bonds. The number of carboxylic acids is 2. The molecule has 2 aromatic rings. The van der Waals surface area contributed by atoms with E-state index < -0.39 is 29.6 Å². The Morgan fingerprint density at radius 2 is 1.65 bits per heavy atom. The minimum atomic E-state index is -1.38. The number of benzene rings is 1. The van der Waals surface area contributed by atoms with Gasteiger partial charge >= 0.3 is 11.9 Å². The van der Waals surface area contributed by atoms with Crippen LogP contribution in [0.4, 0.5) is 0 Å². The van der Waals surface area contributed by atoms with Crippen molar-refractivity contribution in [3.8, 4) is 11.3 Å². The van der Waals surface area contributed by atoms with Crippen LogP contribution in [0.3, 0.4) is 0 Å². The molecule has 2 rings (SSSR count). The summed E-state index contributed by atoms with van der Waals surface area (Å²) < 4.78 is 0.968. The fraction of sp³-hybridized carbons (Fsp3) is 0.235. The third kappa shape index (κ3) is 3.48. The Balaban J connectivity index is 2.61. The number of hydrogen-bond donors (Lipinski definition) is 2. The molecule has 0 aliphatic heterocycles. The molecule has 0 radical (unpaired) electrons. The first-order valence-electron chi connectivity index (χ1n) is 7.10. The lowest BCUT2D eigenvalue weighted by Crippen LogP contribution is -2.30. The Kier molecular flexibility index (Phi) is 4.64. The van der Waals surface area contributed by atoms with Crippen molar-refractivity contribution in [1.82, 2.24) is 4.57 Å². The zero-order valence-electron chi connectivity index (χ0n) is 12.8. The summed E-state index contributed by atoms with van der Waals surface area (Å²) in [6.07, 6.45) is 0. The standard InChI is InChI=1S/C17H17NO5/c1-10(2)11-3-5-12(6-4-11)14-8-7-13(17(22)23)16(21)18(14)9-15(19)20/h3-8,10H,9H2,1-2H3,(H,19,20)(H,22,23). The number of carbonyl (C=O) groups is 2. The maximum Gasteiger partial charge on any atom is 0.341 e. The summed E-state index contributed by atoms with van der Waals surface area (Å²) in [7, 11) is 0. The van der Waals surface area contributed by atoms with E-state index in [0.29, 0.717) is 17.2 Å². The maximum atomic E-state index is 12.2. The minimum absolute atomic E-state index is 0.347. The van der Waals surface area contributed by atoms with Gasteiger partial charge in [-0.05, 0) is 29.2 Å². The molecule has 1 aromatic carbocycles. The topological polar surface area (TPSA) is 96.6 Å². The predicted molar refractivity (Wildman–Crippen MR) is 84.8 cm³/mol.